The van der Waals surface area contributed by atoms with Crippen LogP contribution in [0.4, 0.5) is 0 Å². The van der Waals surface area contributed by atoms with Crippen LogP contribution in [0.15, 0.2) is 116 Å². The highest BCUT2D eigenvalue weighted by atomic mass is 79.9. The zero-order chi connectivity index (χ0) is 27.1. The number of pyridine rings is 1. The molecule has 3 aliphatic heterocycles. The molecule has 0 aliphatic carbocycles. The summed E-state index contributed by atoms with van der Waals surface area (Å²) in [5.74, 6) is 1.24. The van der Waals surface area contributed by atoms with E-state index < -0.39 is 0 Å². The van der Waals surface area contributed by atoms with Gasteiger partial charge in [-0.05, 0) is 70.5 Å². The highest BCUT2D eigenvalue weighted by Crippen LogP contribution is 2.44. The van der Waals surface area contributed by atoms with Crippen LogP contribution in [0, 0.1) is 11.8 Å². The summed E-state index contributed by atoms with van der Waals surface area (Å²) in [5.41, 5.74) is 3.74. The fourth-order valence-corrected chi connectivity index (χ4v) is 7.39. The Morgan fingerprint density at radius 2 is 1.59 bits per heavy atom. The maximum Gasteiger partial charge on any atom is 0.211 e. The van der Waals surface area contributed by atoms with E-state index in [0.717, 1.165) is 31.4 Å². The van der Waals surface area contributed by atoms with Gasteiger partial charge in [-0.3, -0.25) is 4.90 Å². The number of rotatable bonds is 8. The lowest BCUT2D eigenvalue weighted by Gasteiger charge is -2.51. The standard InChI is InChI=1S/C37H36N2O.BrH/c1-3-25-24-39-20-18-26(25)22-36(39)37(33-17-19-38-35-16-10-9-15-32(33)35)40-29(4-2)23-34-30-13-7-5-11-27(30)21-28-12-6-8-14-31(28)34;/h3-17,19,21,25-26,29,36-37H,1-2,18,20,22-24H2;1H. The molecular weight excluding hydrogens is 568 g/mol. The van der Waals surface area contributed by atoms with Crippen LogP contribution in [0.25, 0.3) is 32.4 Å². The van der Waals surface area contributed by atoms with E-state index in [9.17, 15) is 0 Å². The Kier molecular flexibility index (Phi) is 8.07. The Hall–Kier alpha value is -3.31. The molecule has 4 heteroatoms. The number of benzene rings is 4. The maximum atomic E-state index is 7.26. The van der Waals surface area contributed by atoms with E-state index in [2.05, 4.69) is 120 Å². The van der Waals surface area contributed by atoms with Crippen LogP contribution >= 0.6 is 0 Å². The summed E-state index contributed by atoms with van der Waals surface area (Å²) in [5, 5.41) is 6.36. The van der Waals surface area contributed by atoms with E-state index in [-0.39, 0.29) is 29.2 Å². The molecule has 4 aromatic carbocycles. The van der Waals surface area contributed by atoms with Gasteiger partial charge in [0.25, 0.3) is 0 Å². The van der Waals surface area contributed by atoms with Crippen LogP contribution in [-0.4, -0.2) is 30.1 Å². The van der Waals surface area contributed by atoms with Crippen molar-refractivity contribution in [1.82, 2.24) is 4.90 Å². The first-order chi connectivity index (χ1) is 19.7. The van der Waals surface area contributed by atoms with Crippen molar-refractivity contribution in [3.8, 4) is 0 Å². The van der Waals surface area contributed by atoms with Gasteiger partial charge in [-0.1, -0.05) is 72.8 Å². The number of halogens is 1. The van der Waals surface area contributed by atoms with Gasteiger partial charge in [0.1, 0.15) is 0 Å². The minimum Gasteiger partial charge on any atom is -1.00 e. The molecular formula is C37H37BrN2O. The van der Waals surface area contributed by atoms with Crippen molar-refractivity contribution < 1.29 is 26.7 Å². The highest BCUT2D eigenvalue weighted by molar-refractivity contribution is 6.02. The van der Waals surface area contributed by atoms with Crippen molar-refractivity contribution in [2.75, 3.05) is 13.1 Å². The molecule has 0 saturated carbocycles. The van der Waals surface area contributed by atoms with Crippen molar-refractivity contribution in [2.45, 2.75) is 37.5 Å². The van der Waals surface area contributed by atoms with Crippen LogP contribution in [0.1, 0.15) is 30.1 Å². The SMILES string of the molecule is C=CC(Cc1c2ccccc2cc2ccccc12)OC(c1cc[nH+]c2ccccc12)C1CC2CCN1CC2C=C.[Br-]. The lowest BCUT2D eigenvalue weighted by Crippen LogP contribution is -3.00. The van der Waals surface area contributed by atoms with E-state index in [0.29, 0.717) is 17.9 Å². The zero-order valence-electron chi connectivity index (χ0n) is 23.4. The van der Waals surface area contributed by atoms with E-state index in [1.54, 1.807) is 0 Å². The van der Waals surface area contributed by atoms with E-state index >= 15 is 0 Å². The number of fused-ring (bicyclic) bond motifs is 6. The topological polar surface area (TPSA) is 26.6 Å². The van der Waals surface area contributed by atoms with E-state index in [1.807, 2.05) is 6.08 Å². The molecule has 0 amide bonds. The lowest BCUT2D eigenvalue weighted by molar-refractivity contribution is -0.344. The molecule has 41 heavy (non-hydrogen) atoms. The second-order valence-electron chi connectivity index (χ2n) is 11.6. The zero-order valence-corrected chi connectivity index (χ0v) is 25.0. The number of hydrogen-bond donors (Lipinski definition) is 0. The van der Waals surface area contributed by atoms with Crippen molar-refractivity contribution in [2.24, 2.45) is 11.8 Å². The molecule has 4 heterocycles. The van der Waals surface area contributed by atoms with E-state index in [1.165, 1.54) is 44.5 Å². The molecule has 1 N–H and O–H groups in total. The van der Waals surface area contributed by atoms with E-state index in [4.69, 9.17) is 4.74 Å². The fourth-order valence-electron chi connectivity index (χ4n) is 7.39. The third-order valence-electron chi connectivity index (χ3n) is 9.42. The van der Waals surface area contributed by atoms with Gasteiger partial charge in [0, 0.05) is 36.7 Å². The molecule has 5 aromatic rings. The second-order valence-corrected chi connectivity index (χ2v) is 11.6. The van der Waals surface area contributed by atoms with Crippen molar-refractivity contribution >= 4 is 32.4 Å². The Labute approximate surface area is 253 Å². The largest absolute Gasteiger partial charge is 1.00 e. The average molecular weight is 606 g/mol. The highest BCUT2D eigenvalue weighted by Gasteiger charge is 2.44. The number of aromatic nitrogens is 1. The smallest absolute Gasteiger partial charge is 0.211 e. The maximum absolute atomic E-state index is 7.26. The summed E-state index contributed by atoms with van der Waals surface area (Å²) < 4.78 is 7.26. The number of ether oxygens (including phenoxy) is 1. The number of piperidine rings is 3. The minimum atomic E-state index is -0.126. The summed E-state index contributed by atoms with van der Waals surface area (Å²) in [7, 11) is 0. The quantitative estimate of drug-likeness (QED) is 0.189. The van der Waals surface area contributed by atoms with Gasteiger partial charge < -0.3 is 21.7 Å². The summed E-state index contributed by atoms with van der Waals surface area (Å²) in [6, 6.07) is 30.9. The molecule has 0 radical (unpaired) electrons. The van der Waals surface area contributed by atoms with Crippen LogP contribution in [0.2, 0.25) is 0 Å². The fraction of sp³-hybridized carbons (Fsp3) is 0.270. The second kappa shape index (κ2) is 11.9. The number of H-pyrrole nitrogens is 1. The number of aromatic amines is 1. The lowest BCUT2D eigenvalue weighted by atomic mass is 9.73. The molecule has 1 aromatic heterocycles. The Balaban J connectivity index is 0.00000302. The Morgan fingerprint density at radius 1 is 0.902 bits per heavy atom. The van der Waals surface area contributed by atoms with Crippen molar-refractivity contribution in [1.29, 1.82) is 0 Å². The monoisotopic (exact) mass is 604 g/mol. The third kappa shape index (κ3) is 5.14. The van der Waals surface area contributed by atoms with Crippen molar-refractivity contribution in [3.05, 3.63) is 128 Å². The van der Waals surface area contributed by atoms with Crippen LogP contribution < -0.4 is 22.0 Å². The molecule has 3 fully saturated rings. The van der Waals surface area contributed by atoms with Gasteiger partial charge in [0.2, 0.25) is 5.52 Å². The minimum absolute atomic E-state index is 0. The summed E-state index contributed by atoms with van der Waals surface area (Å²) >= 11 is 0. The number of nitrogens with zero attached hydrogens (tertiary/aromatic N) is 1. The van der Waals surface area contributed by atoms with Crippen LogP contribution in [0.3, 0.4) is 0 Å². The van der Waals surface area contributed by atoms with Gasteiger partial charge in [-0.2, -0.15) is 0 Å². The van der Waals surface area contributed by atoms with Gasteiger partial charge in [-0.15, -0.1) is 13.2 Å². The molecule has 3 nitrogen and oxygen atoms in total. The molecule has 3 saturated heterocycles. The van der Waals surface area contributed by atoms with Crippen LogP contribution in [-0.2, 0) is 11.2 Å². The summed E-state index contributed by atoms with van der Waals surface area (Å²) in [4.78, 5) is 6.11. The molecule has 0 spiro atoms. The molecule has 6 atom stereocenters. The normalized spacial score (nSPS) is 23.2. The Morgan fingerprint density at radius 3 is 2.24 bits per heavy atom. The Bertz CT molecular complexity index is 1650. The predicted molar refractivity (Wildman–Crippen MR) is 165 cm³/mol. The van der Waals surface area contributed by atoms with Gasteiger partial charge in [0.05, 0.1) is 17.6 Å². The number of para-hydroxylation sites is 1. The van der Waals surface area contributed by atoms with Gasteiger partial charge in [0.15, 0.2) is 6.20 Å². The first kappa shape index (κ1) is 27.8. The molecule has 8 rings (SSSR count). The predicted octanol–water partition coefficient (Wildman–Crippen LogP) is 4.72. The number of hydrogen-bond acceptors (Lipinski definition) is 2. The van der Waals surface area contributed by atoms with Crippen LogP contribution in [0.5, 0.6) is 0 Å². The average Bonchev–Trinajstić information content (AvgIpc) is 3.02. The summed E-state index contributed by atoms with van der Waals surface area (Å²) in [6.45, 7) is 10.6. The third-order valence-corrected chi connectivity index (χ3v) is 9.42. The molecule has 3 aliphatic rings. The number of nitrogens with one attached hydrogen (secondary N) is 1. The summed E-state index contributed by atoms with van der Waals surface area (Å²) in [6.07, 6.45) is 9.24. The van der Waals surface area contributed by atoms with Gasteiger partial charge >= 0.3 is 0 Å². The molecule has 2 bridgehead atoms. The first-order valence-corrected chi connectivity index (χ1v) is 14.7. The molecule has 208 valence electrons. The molecule has 6 unspecified atom stereocenters. The first-order valence-electron chi connectivity index (χ1n) is 14.7. The van der Waals surface area contributed by atoms with Gasteiger partial charge in [-0.25, -0.2) is 4.98 Å². The van der Waals surface area contributed by atoms with Crippen molar-refractivity contribution in [3.63, 3.8) is 0 Å².